The highest BCUT2D eigenvalue weighted by Crippen LogP contribution is 2.42. The van der Waals surface area contributed by atoms with E-state index in [1.54, 1.807) is 4.90 Å². The molecule has 260 valence electrons. The highest BCUT2D eigenvalue weighted by Gasteiger charge is 2.51. The molecule has 0 radical (unpaired) electrons. The first-order valence-corrected chi connectivity index (χ1v) is 17.2. The van der Waals surface area contributed by atoms with Crippen molar-refractivity contribution >= 4 is 35.2 Å². The molecule has 1 saturated carbocycles. The summed E-state index contributed by atoms with van der Waals surface area (Å²) >= 11 is 0. The van der Waals surface area contributed by atoms with Crippen molar-refractivity contribution in [1.29, 1.82) is 5.41 Å². The number of nitrogens with one attached hydrogen (secondary N) is 4. The lowest BCUT2D eigenvalue weighted by atomic mass is 9.91. The summed E-state index contributed by atoms with van der Waals surface area (Å²) in [4.78, 5) is 69.1. The second kappa shape index (κ2) is 18.7. The summed E-state index contributed by atoms with van der Waals surface area (Å²) in [7, 11) is 0. The number of amides is 4. The van der Waals surface area contributed by atoms with Crippen molar-refractivity contribution in [3.8, 4) is 0 Å². The van der Waals surface area contributed by atoms with Gasteiger partial charge in [-0.25, -0.2) is 0 Å². The van der Waals surface area contributed by atoms with E-state index in [1.807, 2.05) is 48.5 Å². The molecule has 13 heteroatoms. The van der Waals surface area contributed by atoms with Crippen LogP contribution in [0.5, 0.6) is 0 Å². The van der Waals surface area contributed by atoms with Gasteiger partial charge in [-0.05, 0) is 62.2 Å². The summed E-state index contributed by atoms with van der Waals surface area (Å²) in [6.07, 6.45) is 6.29. The summed E-state index contributed by atoms with van der Waals surface area (Å²) < 4.78 is 0. The Bertz CT molecular complexity index is 1110. The summed E-state index contributed by atoms with van der Waals surface area (Å²) in [6, 6.07) is -3.04. The van der Waals surface area contributed by atoms with Gasteiger partial charge in [0.25, 0.3) is 0 Å². The Hall–Kier alpha value is -3.38. The van der Waals surface area contributed by atoms with Gasteiger partial charge in [0.05, 0.1) is 6.04 Å². The Morgan fingerprint density at radius 3 is 2.15 bits per heavy atom. The minimum atomic E-state index is -0.893. The highest BCUT2D eigenvalue weighted by atomic mass is 16.2. The Balaban J connectivity index is 2.17. The van der Waals surface area contributed by atoms with Crippen LogP contribution in [0.4, 0.5) is 0 Å². The Morgan fingerprint density at radius 1 is 0.913 bits per heavy atom. The summed E-state index contributed by atoms with van der Waals surface area (Å²) in [5.74, 6) is 3.17. The van der Waals surface area contributed by atoms with Crippen LogP contribution in [0.3, 0.4) is 0 Å². The van der Waals surface area contributed by atoms with E-state index in [1.165, 1.54) is 0 Å². The number of ketones is 1. The SMILES string of the molecule is CCCC(NC(=O)[C@@H]1[C@H]2CCC[C@H]2CN1C(=O)[C@@H](NC(=O)[C@H](NC(=O)CCCCC(=N)N=NN)C(C)C)C(C)C)C(=O)[C@H](C)CC. The molecule has 0 aromatic heterocycles. The molecule has 0 aromatic rings. The summed E-state index contributed by atoms with van der Waals surface area (Å²) in [6.45, 7) is 13.6. The molecule has 2 rings (SSSR count). The van der Waals surface area contributed by atoms with Crippen LogP contribution in [-0.4, -0.2) is 70.9 Å². The normalized spacial score (nSPS) is 21.9. The fourth-order valence-corrected chi connectivity index (χ4v) is 6.66. The second-order valence-corrected chi connectivity index (χ2v) is 13.7. The molecule has 2 aliphatic rings. The number of amidine groups is 1. The van der Waals surface area contributed by atoms with Crippen LogP contribution in [-0.2, 0) is 24.0 Å². The van der Waals surface area contributed by atoms with Crippen LogP contribution in [0.15, 0.2) is 10.3 Å². The molecule has 0 spiro atoms. The lowest BCUT2D eigenvalue weighted by molar-refractivity contribution is -0.144. The molecule has 1 aliphatic heterocycles. The number of rotatable bonds is 18. The van der Waals surface area contributed by atoms with E-state index in [-0.39, 0.29) is 65.4 Å². The molecule has 46 heavy (non-hydrogen) atoms. The molecular weight excluding hydrogens is 588 g/mol. The highest BCUT2D eigenvalue weighted by molar-refractivity contribution is 5.97. The minimum Gasteiger partial charge on any atom is -0.344 e. The van der Waals surface area contributed by atoms with Crippen molar-refractivity contribution in [3.63, 3.8) is 0 Å². The maximum atomic E-state index is 14.2. The molecule has 7 atom stereocenters. The van der Waals surface area contributed by atoms with Crippen LogP contribution in [0.1, 0.15) is 113 Å². The van der Waals surface area contributed by atoms with Crippen molar-refractivity contribution in [2.45, 2.75) is 137 Å². The lowest BCUT2D eigenvalue weighted by Crippen LogP contribution is -2.60. The number of likely N-dealkylation sites (tertiary alicyclic amines) is 1. The van der Waals surface area contributed by atoms with E-state index in [2.05, 4.69) is 26.3 Å². The third-order valence-electron chi connectivity index (χ3n) is 9.52. The second-order valence-electron chi connectivity index (χ2n) is 13.7. The number of carbonyl (C=O) groups excluding carboxylic acids is 5. The average Bonchev–Trinajstić information content (AvgIpc) is 3.61. The molecule has 1 heterocycles. The third-order valence-corrected chi connectivity index (χ3v) is 9.52. The molecule has 1 saturated heterocycles. The molecule has 0 aromatic carbocycles. The maximum absolute atomic E-state index is 14.2. The topological polar surface area (TPSA) is 199 Å². The summed E-state index contributed by atoms with van der Waals surface area (Å²) in [5.41, 5.74) is 0. The predicted octanol–water partition coefficient (Wildman–Crippen LogP) is 3.66. The van der Waals surface area contributed by atoms with Crippen molar-refractivity contribution < 1.29 is 24.0 Å². The molecule has 2 fully saturated rings. The fourth-order valence-electron chi connectivity index (χ4n) is 6.66. The predicted molar refractivity (Wildman–Crippen MR) is 176 cm³/mol. The average molecular weight is 647 g/mol. The zero-order valence-electron chi connectivity index (χ0n) is 28.9. The van der Waals surface area contributed by atoms with E-state index in [0.29, 0.717) is 38.6 Å². The lowest BCUT2D eigenvalue weighted by Gasteiger charge is -2.34. The van der Waals surface area contributed by atoms with E-state index in [4.69, 9.17) is 11.3 Å². The number of hydrogen-bond acceptors (Lipinski definition) is 7. The molecule has 0 bridgehead atoms. The Labute approximate surface area is 274 Å². The number of carbonyl (C=O) groups is 5. The van der Waals surface area contributed by atoms with Crippen LogP contribution in [0.25, 0.3) is 0 Å². The zero-order valence-corrected chi connectivity index (χ0v) is 28.9. The fraction of sp³-hybridized carbons (Fsp3) is 0.818. The first-order chi connectivity index (χ1) is 21.8. The van der Waals surface area contributed by atoms with Crippen LogP contribution >= 0.6 is 0 Å². The first kappa shape index (κ1) is 38.8. The van der Waals surface area contributed by atoms with Gasteiger partial charge >= 0.3 is 0 Å². The maximum Gasteiger partial charge on any atom is 0.246 e. The van der Waals surface area contributed by atoms with Crippen LogP contribution < -0.4 is 21.8 Å². The Morgan fingerprint density at radius 2 is 1.57 bits per heavy atom. The standard InChI is InChI=1S/C33H58N8O5/c1-8-13-24(30(43)21(7)9-2)36-32(45)29-23-15-12-14-22(23)18-41(29)33(46)28(20(5)6)38-31(44)27(19(3)4)37-26(42)17-11-10-16-25(34)39-40-35/h19-24,27-29H,8-18H2,1-7H3,(H,36,45)(H,37,42)(H,38,44)(H3,34,35,39)/t21-,22+,23+,24?,27-,28+,29+/m1/s1. The number of nitrogens with zero attached hydrogens (tertiary/aromatic N) is 3. The zero-order chi connectivity index (χ0) is 34.6. The molecular formula is C33H58N8O5. The minimum absolute atomic E-state index is 0.0123. The van der Waals surface area contributed by atoms with E-state index in [0.717, 1.165) is 25.7 Å². The molecule has 4 amide bonds. The van der Waals surface area contributed by atoms with E-state index < -0.39 is 30.1 Å². The Kier molecular flexibility index (Phi) is 15.8. The number of Topliss-reactive ketones (excluding diaryl/α,β-unsaturated/α-hetero) is 1. The van der Waals surface area contributed by atoms with Crippen molar-refractivity contribution in [2.75, 3.05) is 6.54 Å². The van der Waals surface area contributed by atoms with Crippen LogP contribution in [0.2, 0.25) is 0 Å². The van der Waals surface area contributed by atoms with Gasteiger partial charge in [0.15, 0.2) is 5.78 Å². The van der Waals surface area contributed by atoms with Gasteiger partial charge in [-0.2, -0.15) is 0 Å². The van der Waals surface area contributed by atoms with Gasteiger partial charge in [-0.3, -0.25) is 29.4 Å². The molecule has 1 unspecified atom stereocenters. The van der Waals surface area contributed by atoms with Gasteiger partial charge < -0.3 is 26.7 Å². The third kappa shape index (κ3) is 10.6. The van der Waals surface area contributed by atoms with Gasteiger partial charge in [0.1, 0.15) is 24.0 Å². The van der Waals surface area contributed by atoms with Crippen LogP contribution in [0, 0.1) is 35.0 Å². The number of hydrogen-bond donors (Lipinski definition) is 5. The van der Waals surface area contributed by atoms with Crippen molar-refractivity contribution in [2.24, 2.45) is 45.8 Å². The van der Waals surface area contributed by atoms with Gasteiger partial charge in [0, 0.05) is 25.3 Å². The van der Waals surface area contributed by atoms with E-state index in [9.17, 15) is 24.0 Å². The van der Waals surface area contributed by atoms with Gasteiger partial charge in [-0.15, -0.1) is 5.11 Å². The summed E-state index contributed by atoms with van der Waals surface area (Å²) in [5, 5.41) is 22.9. The first-order valence-electron chi connectivity index (χ1n) is 17.2. The molecule has 6 N–H and O–H groups in total. The largest absolute Gasteiger partial charge is 0.344 e. The quantitative estimate of drug-likeness (QED) is 0.0376. The number of fused-ring (bicyclic) bond motifs is 1. The van der Waals surface area contributed by atoms with E-state index >= 15 is 0 Å². The smallest absolute Gasteiger partial charge is 0.246 e. The van der Waals surface area contributed by atoms with Gasteiger partial charge in [-0.1, -0.05) is 66.5 Å². The molecule has 13 nitrogen and oxygen atoms in total. The monoisotopic (exact) mass is 646 g/mol. The van der Waals surface area contributed by atoms with Gasteiger partial charge in [0.2, 0.25) is 23.6 Å². The number of nitrogens with two attached hydrogens (primary N) is 1. The molecule has 1 aliphatic carbocycles. The van der Waals surface area contributed by atoms with Crippen molar-refractivity contribution in [3.05, 3.63) is 0 Å². The van der Waals surface area contributed by atoms with Crippen molar-refractivity contribution in [1.82, 2.24) is 20.9 Å². The number of unbranched alkanes of at least 4 members (excludes halogenated alkanes) is 1.